The van der Waals surface area contributed by atoms with Gasteiger partial charge in [0.25, 0.3) is 5.91 Å². The van der Waals surface area contributed by atoms with Crippen molar-refractivity contribution in [1.29, 1.82) is 0 Å². The van der Waals surface area contributed by atoms with Gasteiger partial charge in [0.05, 0.1) is 6.04 Å². The van der Waals surface area contributed by atoms with E-state index in [2.05, 4.69) is 47.3 Å². The second-order valence-electron chi connectivity index (χ2n) is 6.83. The molecule has 0 fully saturated rings. The van der Waals surface area contributed by atoms with Crippen molar-refractivity contribution in [2.45, 2.75) is 19.9 Å². The Bertz CT molecular complexity index is 938. The SMILES string of the molecule is Cc1ccc(C(NC(=O)c2ccnc(N(C)C)c2)c2ccncc2)cc1C. The van der Waals surface area contributed by atoms with Gasteiger partial charge in [0.1, 0.15) is 5.82 Å². The summed E-state index contributed by atoms with van der Waals surface area (Å²) >= 11 is 0. The zero-order valence-corrected chi connectivity index (χ0v) is 16.1. The minimum Gasteiger partial charge on any atom is -0.363 e. The molecule has 2 heterocycles. The highest BCUT2D eigenvalue weighted by atomic mass is 16.1. The Morgan fingerprint density at radius 1 is 0.926 bits per heavy atom. The Morgan fingerprint density at radius 3 is 2.33 bits per heavy atom. The normalized spacial score (nSPS) is 11.7. The van der Waals surface area contributed by atoms with Crippen LogP contribution in [0, 0.1) is 13.8 Å². The zero-order valence-electron chi connectivity index (χ0n) is 16.1. The summed E-state index contributed by atoms with van der Waals surface area (Å²) in [4.78, 5) is 23.2. The fourth-order valence-corrected chi connectivity index (χ4v) is 2.88. The number of benzene rings is 1. The maximum Gasteiger partial charge on any atom is 0.252 e. The Labute approximate surface area is 160 Å². The van der Waals surface area contributed by atoms with Crippen molar-refractivity contribution in [1.82, 2.24) is 15.3 Å². The van der Waals surface area contributed by atoms with Crippen LogP contribution in [0.4, 0.5) is 5.82 Å². The summed E-state index contributed by atoms with van der Waals surface area (Å²) < 4.78 is 0. The summed E-state index contributed by atoms with van der Waals surface area (Å²) in [6.07, 6.45) is 5.14. The number of aryl methyl sites for hydroxylation is 2. The van der Waals surface area contributed by atoms with Crippen molar-refractivity contribution in [2.75, 3.05) is 19.0 Å². The van der Waals surface area contributed by atoms with Crippen LogP contribution in [-0.4, -0.2) is 30.0 Å². The maximum absolute atomic E-state index is 13.0. The number of rotatable bonds is 5. The molecule has 27 heavy (non-hydrogen) atoms. The van der Waals surface area contributed by atoms with Crippen molar-refractivity contribution in [3.8, 4) is 0 Å². The van der Waals surface area contributed by atoms with Crippen LogP contribution in [0.1, 0.15) is 38.7 Å². The average Bonchev–Trinajstić information content (AvgIpc) is 2.69. The first-order valence-electron chi connectivity index (χ1n) is 8.87. The van der Waals surface area contributed by atoms with Gasteiger partial charge in [-0.2, -0.15) is 0 Å². The molecule has 0 spiro atoms. The highest BCUT2D eigenvalue weighted by Crippen LogP contribution is 2.24. The molecule has 5 nitrogen and oxygen atoms in total. The van der Waals surface area contributed by atoms with E-state index in [1.807, 2.05) is 31.1 Å². The maximum atomic E-state index is 13.0. The van der Waals surface area contributed by atoms with Crippen LogP contribution in [0.5, 0.6) is 0 Å². The van der Waals surface area contributed by atoms with Crippen LogP contribution in [0.2, 0.25) is 0 Å². The predicted molar refractivity (Wildman–Crippen MR) is 108 cm³/mol. The lowest BCUT2D eigenvalue weighted by molar-refractivity contribution is 0.0943. The van der Waals surface area contributed by atoms with Gasteiger partial charge in [0.2, 0.25) is 0 Å². The minimum absolute atomic E-state index is 0.138. The second-order valence-corrected chi connectivity index (χ2v) is 6.83. The summed E-state index contributed by atoms with van der Waals surface area (Å²) in [5.41, 5.74) is 5.03. The molecule has 0 aliphatic heterocycles. The Kier molecular flexibility index (Phi) is 5.50. The van der Waals surface area contributed by atoms with Gasteiger partial charge >= 0.3 is 0 Å². The molecule has 0 aliphatic rings. The molecule has 2 aromatic heterocycles. The van der Waals surface area contributed by atoms with Crippen molar-refractivity contribution >= 4 is 11.7 Å². The predicted octanol–water partition coefficient (Wildman–Crippen LogP) is 3.68. The Hall–Kier alpha value is -3.21. The number of hydrogen-bond acceptors (Lipinski definition) is 4. The third-order valence-electron chi connectivity index (χ3n) is 4.65. The first kappa shape index (κ1) is 18.6. The van der Waals surface area contributed by atoms with Crippen molar-refractivity contribution < 1.29 is 4.79 Å². The van der Waals surface area contributed by atoms with Crippen molar-refractivity contribution in [3.63, 3.8) is 0 Å². The zero-order chi connectivity index (χ0) is 19.4. The highest BCUT2D eigenvalue weighted by molar-refractivity contribution is 5.95. The van der Waals surface area contributed by atoms with E-state index in [1.54, 1.807) is 30.7 Å². The van der Waals surface area contributed by atoms with Crippen LogP contribution < -0.4 is 10.2 Å². The fourth-order valence-electron chi connectivity index (χ4n) is 2.88. The quantitative estimate of drug-likeness (QED) is 0.754. The summed E-state index contributed by atoms with van der Waals surface area (Å²) in [6, 6.07) is 13.4. The number of aromatic nitrogens is 2. The van der Waals surface area contributed by atoms with E-state index in [1.165, 1.54) is 11.1 Å². The van der Waals surface area contributed by atoms with Gasteiger partial charge in [-0.15, -0.1) is 0 Å². The van der Waals surface area contributed by atoms with E-state index in [9.17, 15) is 4.79 Å². The molecule has 1 unspecified atom stereocenters. The Morgan fingerprint density at radius 2 is 1.67 bits per heavy atom. The highest BCUT2D eigenvalue weighted by Gasteiger charge is 2.19. The molecule has 0 bridgehead atoms. The molecule has 0 saturated heterocycles. The van der Waals surface area contributed by atoms with Crippen LogP contribution in [0.25, 0.3) is 0 Å². The molecule has 3 aromatic rings. The van der Waals surface area contributed by atoms with E-state index in [0.717, 1.165) is 16.9 Å². The van der Waals surface area contributed by atoms with E-state index >= 15 is 0 Å². The van der Waals surface area contributed by atoms with Gasteiger partial charge in [-0.05, 0) is 60.4 Å². The number of hydrogen-bond donors (Lipinski definition) is 1. The van der Waals surface area contributed by atoms with Gasteiger partial charge in [0, 0.05) is 38.2 Å². The van der Waals surface area contributed by atoms with Crippen LogP contribution in [0.3, 0.4) is 0 Å². The molecule has 138 valence electrons. The monoisotopic (exact) mass is 360 g/mol. The lowest BCUT2D eigenvalue weighted by atomic mass is 9.96. The van der Waals surface area contributed by atoms with E-state index in [-0.39, 0.29) is 11.9 Å². The van der Waals surface area contributed by atoms with Crippen molar-refractivity contribution in [3.05, 3.63) is 88.9 Å². The van der Waals surface area contributed by atoms with Gasteiger partial charge in [0.15, 0.2) is 0 Å². The number of anilines is 1. The molecule has 1 N–H and O–H groups in total. The van der Waals surface area contributed by atoms with Gasteiger partial charge in [-0.3, -0.25) is 9.78 Å². The standard InChI is InChI=1S/C22H24N4O/c1-15-5-6-18(13-16(15)2)21(17-7-10-23-11-8-17)25-22(27)19-9-12-24-20(14-19)26(3)4/h5-14,21H,1-4H3,(H,25,27). The molecule has 1 amide bonds. The molecule has 0 saturated carbocycles. The van der Waals surface area contributed by atoms with E-state index < -0.39 is 0 Å². The van der Waals surface area contributed by atoms with Gasteiger partial charge in [-0.1, -0.05) is 18.2 Å². The summed E-state index contributed by atoms with van der Waals surface area (Å²) in [7, 11) is 3.80. The first-order chi connectivity index (χ1) is 13.0. The largest absolute Gasteiger partial charge is 0.363 e. The number of carbonyl (C=O) groups excluding carboxylic acids is 1. The van der Waals surface area contributed by atoms with Gasteiger partial charge < -0.3 is 10.2 Å². The molecule has 1 aromatic carbocycles. The summed E-state index contributed by atoms with van der Waals surface area (Å²) in [5.74, 6) is 0.606. The number of pyridine rings is 2. The molecule has 1 atom stereocenters. The number of carbonyl (C=O) groups is 1. The molecule has 5 heteroatoms. The number of nitrogens with zero attached hydrogens (tertiary/aromatic N) is 3. The molecular formula is C22H24N4O. The van der Waals surface area contributed by atoms with Crippen LogP contribution >= 0.6 is 0 Å². The summed E-state index contributed by atoms with van der Waals surface area (Å²) in [6.45, 7) is 4.16. The molecule has 0 radical (unpaired) electrons. The Balaban J connectivity index is 1.95. The van der Waals surface area contributed by atoms with Gasteiger partial charge in [-0.25, -0.2) is 4.98 Å². The minimum atomic E-state index is -0.254. The second kappa shape index (κ2) is 7.99. The number of nitrogens with one attached hydrogen (secondary N) is 1. The fraction of sp³-hybridized carbons (Fsp3) is 0.227. The molecule has 3 rings (SSSR count). The summed E-state index contributed by atoms with van der Waals surface area (Å²) in [5, 5.41) is 3.17. The lowest BCUT2D eigenvalue weighted by Gasteiger charge is -2.21. The molecule has 0 aliphatic carbocycles. The van der Waals surface area contributed by atoms with E-state index in [4.69, 9.17) is 0 Å². The lowest BCUT2D eigenvalue weighted by Crippen LogP contribution is -2.29. The average molecular weight is 360 g/mol. The topological polar surface area (TPSA) is 58.1 Å². The van der Waals surface area contributed by atoms with E-state index in [0.29, 0.717) is 5.56 Å². The first-order valence-corrected chi connectivity index (χ1v) is 8.87. The van der Waals surface area contributed by atoms with Crippen molar-refractivity contribution in [2.24, 2.45) is 0 Å². The van der Waals surface area contributed by atoms with Crippen LogP contribution in [0.15, 0.2) is 61.1 Å². The third kappa shape index (κ3) is 4.31. The number of amides is 1. The van der Waals surface area contributed by atoms with Crippen LogP contribution in [-0.2, 0) is 0 Å². The molecular weight excluding hydrogens is 336 g/mol. The smallest absolute Gasteiger partial charge is 0.252 e. The third-order valence-corrected chi connectivity index (χ3v) is 4.65.